The zero-order valence-electron chi connectivity index (χ0n) is 34.2. The summed E-state index contributed by atoms with van der Waals surface area (Å²) >= 11 is 0. The Bertz CT molecular complexity index is 2890. The molecule has 0 saturated heterocycles. The van der Waals surface area contributed by atoms with Crippen LogP contribution in [0.2, 0.25) is 0 Å². The second-order valence-electron chi connectivity index (χ2n) is 18.0. The Labute approximate surface area is 353 Å². The lowest BCUT2D eigenvalue weighted by atomic mass is 9.42. The van der Waals surface area contributed by atoms with E-state index in [0.717, 1.165) is 44.8 Å². The second-order valence-corrected chi connectivity index (χ2v) is 21.3. The Kier molecular flexibility index (Phi) is 9.05. The van der Waals surface area contributed by atoms with Crippen molar-refractivity contribution in [1.82, 2.24) is 15.0 Å². The third kappa shape index (κ3) is 6.53. The number of hydrogen-bond donors (Lipinski definition) is 0. The lowest BCUT2D eigenvalue weighted by Gasteiger charge is -2.62. The number of aromatic nitrogens is 3. The summed E-state index contributed by atoms with van der Waals surface area (Å²) in [5.41, 5.74) is 10.4. The molecule has 0 unspecified atom stereocenters. The van der Waals surface area contributed by atoms with Gasteiger partial charge in [-0.2, -0.15) is 0 Å². The van der Waals surface area contributed by atoms with Crippen LogP contribution < -0.4 is 5.30 Å². The van der Waals surface area contributed by atoms with E-state index in [1.54, 1.807) is 0 Å². The molecule has 4 saturated carbocycles. The third-order valence-electron chi connectivity index (χ3n) is 14.1. The van der Waals surface area contributed by atoms with Crippen LogP contribution in [0.4, 0.5) is 0 Å². The minimum atomic E-state index is -2.32. The first-order chi connectivity index (χ1) is 29.3. The van der Waals surface area contributed by atoms with Crippen molar-refractivity contribution in [2.45, 2.75) is 37.5 Å². The van der Waals surface area contributed by atoms with Gasteiger partial charge >= 0.3 is 0 Å². The summed E-state index contributed by atoms with van der Waals surface area (Å²) in [6.45, 7) is 3.69. The normalized spacial score (nSPS) is 22.0. The lowest BCUT2D eigenvalue weighted by molar-refractivity contribution is -0.0418. The molecule has 0 N–H and O–H groups in total. The molecule has 0 aliphatic heterocycles. The first kappa shape index (κ1) is 37.1. The molecule has 7 aromatic carbocycles. The standard InChI is InChI=1S/C55H48N3OP/c1-60(2,59)51-27-23-41(24-28-51)45-13-8-14-48(35-45)55(49-30-36-29-37(32-49)33-50(55)31-36)47-25-21-43(22-26-47)53-56-52(42-18-15-40(16-19-42)38-9-4-3-5-10-38)57-54(58-53)46-20-17-39-11-6-7-12-44(39)34-46/h3-28,34-37,49-50H,29-33H2,1-2H3. The Morgan fingerprint density at radius 3 is 1.53 bits per heavy atom. The summed E-state index contributed by atoms with van der Waals surface area (Å²) in [5.74, 6) is 4.89. The summed E-state index contributed by atoms with van der Waals surface area (Å²) in [4.78, 5) is 15.5. The molecule has 0 amide bonds. The fourth-order valence-corrected chi connectivity index (χ4v) is 12.3. The van der Waals surface area contributed by atoms with Gasteiger partial charge in [-0.3, -0.25) is 0 Å². The first-order valence-electron chi connectivity index (χ1n) is 21.6. The molecule has 1 aromatic heterocycles. The smallest absolute Gasteiger partial charge is 0.164 e. The lowest BCUT2D eigenvalue weighted by Crippen LogP contribution is -2.56. The highest BCUT2D eigenvalue weighted by atomic mass is 31.2. The average molecular weight is 798 g/mol. The third-order valence-corrected chi connectivity index (χ3v) is 15.6. The summed E-state index contributed by atoms with van der Waals surface area (Å²) in [5, 5.41) is 3.27. The first-order valence-corrected chi connectivity index (χ1v) is 24.2. The topological polar surface area (TPSA) is 55.7 Å². The summed E-state index contributed by atoms with van der Waals surface area (Å²) in [6.07, 6.45) is 6.59. The zero-order valence-corrected chi connectivity index (χ0v) is 35.1. The highest BCUT2D eigenvalue weighted by Gasteiger charge is 2.58. The molecule has 0 atom stereocenters. The largest absolute Gasteiger partial charge is 0.319 e. The van der Waals surface area contributed by atoms with Gasteiger partial charge in [-0.15, -0.1) is 0 Å². The number of hydrogen-bond acceptors (Lipinski definition) is 4. The molecule has 0 spiro atoms. The molecule has 60 heavy (non-hydrogen) atoms. The van der Waals surface area contributed by atoms with Crippen LogP contribution >= 0.6 is 7.14 Å². The molecule has 294 valence electrons. The van der Waals surface area contributed by atoms with Gasteiger partial charge in [-0.05, 0) is 119 Å². The minimum Gasteiger partial charge on any atom is -0.319 e. The van der Waals surface area contributed by atoms with E-state index in [0.29, 0.717) is 29.3 Å². The molecule has 4 aliphatic carbocycles. The maximum Gasteiger partial charge on any atom is 0.164 e. The Balaban J connectivity index is 1.01. The van der Waals surface area contributed by atoms with Crippen LogP contribution in [-0.4, -0.2) is 28.3 Å². The van der Waals surface area contributed by atoms with Gasteiger partial charge in [0, 0.05) is 27.4 Å². The van der Waals surface area contributed by atoms with E-state index < -0.39 is 7.14 Å². The fourth-order valence-electron chi connectivity index (χ4n) is 11.4. The van der Waals surface area contributed by atoms with E-state index in [1.165, 1.54) is 65.3 Å². The number of benzene rings is 7. The van der Waals surface area contributed by atoms with Crippen LogP contribution in [0.1, 0.15) is 43.2 Å². The van der Waals surface area contributed by atoms with Gasteiger partial charge in [0.2, 0.25) is 0 Å². The molecule has 4 nitrogen and oxygen atoms in total. The molecule has 8 aromatic rings. The Morgan fingerprint density at radius 2 is 0.900 bits per heavy atom. The van der Waals surface area contributed by atoms with Gasteiger partial charge in [-0.25, -0.2) is 15.0 Å². The number of rotatable bonds is 8. The quantitative estimate of drug-likeness (QED) is 0.144. The maximum atomic E-state index is 12.8. The van der Waals surface area contributed by atoms with E-state index in [-0.39, 0.29) is 5.41 Å². The Hall–Kier alpha value is -5.96. The zero-order chi connectivity index (χ0) is 40.4. The molecule has 0 radical (unpaired) electrons. The predicted octanol–water partition coefficient (Wildman–Crippen LogP) is 13.3. The monoisotopic (exact) mass is 797 g/mol. The second kappa shape index (κ2) is 14.6. The van der Waals surface area contributed by atoms with E-state index >= 15 is 0 Å². The van der Waals surface area contributed by atoms with Crippen LogP contribution in [0.5, 0.6) is 0 Å². The van der Waals surface area contributed by atoms with Gasteiger partial charge in [0.1, 0.15) is 7.14 Å². The van der Waals surface area contributed by atoms with Crippen LogP contribution in [0.3, 0.4) is 0 Å². The SMILES string of the molecule is CP(C)(=O)c1ccc(-c2cccc(C3(c4ccc(-c5nc(-c6ccc(-c7ccccc7)cc6)nc(-c6ccc7ccccc7c6)n5)cc4)C4CC5CC(C4)CC3C5)c2)cc1. The van der Waals surface area contributed by atoms with Crippen molar-refractivity contribution in [2.75, 3.05) is 13.3 Å². The van der Waals surface area contributed by atoms with Crippen molar-refractivity contribution in [3.05, 3.63) is 181 Å². The molecular weight excluding hydrogens is 750 g/mol. The minimum absolute atomic E-state index is 0.0640. The molecule has 4 bridgehead atoms. The van der Waals surface area contributed by atoms with Crippen LogP contribution in [-0.2, 0) is 9.98 Å². The van der Waals surface area contributed by atoms with Gasteiger partial charge in [0.25, 0.3) is 0 Å². The molecule has 4 aliphatic rings. The molecule has 12 rings (SSSR count). The van der Waals surface area contributed by atoms with Gasteiger partial charge < -0.3 is 4.57 Å². The van der Waals surface area contributed by atoms with Crippen molar-refractivity contribution >= 4 is 23.2 Å². The fraction of sp³-hybridized carbons (Fsp3) is 0.218. The van der Waals surface area contributed by atoms with Gasteiger partial charge in [0.15, 0.2) is 17.5 Å². The van der Waals surface area contributed by atoms with Crippen LogP contribution in [0, 0.1) is 23.7 Å². The Morgan fingerprint density at radius 1 is 0.417 bits per heavy atom. The predicted molar refractivity (Wildman–Crippen MR) is 248 cm³/mol. The number of nitrogens with zero attached hydrogens (tertiary/aromatic N) is 3. The van der Waals surface area contributed by atoms with Crippen molar-refractivity contribution in [1.29, 1.82) is 0 Å². The highest BCUT2D eigenvalue weighted by Crippen LogP contribution is 2.65. The molecule has 5 heteroatoms. The summed E-state index contributed by atoms with van der Waals surface area (Å²) in [7, 11) is -2.32. The van der Waals surface area contributed by atoms with Crippen molar-refractivity contribution in [3.8, 4) is 56.4 Å². The van der Waals surface area contributed by atoms with E-state index in [4.69, 9.17) is 15.0 Å². The summed E-state index contributed by atoms with van der Waals surface area (Å²) < 4.78 is 12.8. The van der Waals surface area contributed by atoms with Crippen molar-refractivity contribution < 1.29 is 4.57 Å². The van der Waals surface area contributed by atoms with E-state index in [9.17, 15) is 4.57 Å². The van der Waals surface area contributed by atoms with Crippen molar-refractivity contribution in [3.63, 3.8) is 0 Å². The molecular formula is C55H48N3OP. The summed E-state index contributed by atoms with van der Waals surface area (Å²) in [6, 6.07) is 61.0. The average Bonchev–Trinajstić information content (AvgIpc) is 3.29. The van der Waals surface area contributed by atoms with Crippen LogP contribution in [0.15, 0.2) is 170 Å². The van der Waals surface area contributed by atoms with Crippen LogP contribution in [0.25, 0.3) is 67.2 Å². The molecule has 1 heterocycles. The van der Waals surface area contributed by atoms with Crippen molar-refractivity contribution in [2.24, 2.45) is 23.7 Å². The van der Waals surface area contributed by atoms with E-state index in [1.807, 2.05) is 19.4 Å². The maximum absolute atomic E-state index is 12.8. The number of fused-ring (bicyclic) bond motifs is 1. The molecule has 4 fully saturated rings. The highest BCUT2D eigenvalue weighted by molar-refractivity contribution is 7.70. The van der Waals surface area contributed by atoms with Gasteiger partial charge in [-0.1, -0.05) is 164 Å². The van der Waals surface area contributed by atoms with Gasteiger partial charge in [0.05, 0.1) is 0 Å². The van der Waals surface area contributed by atoms with E-state index in [2.05, 4.69) is 164 Å².